The van der Waals surface area contributed by atoms with Crippen LogP contribution in [0.15, 0.2) is 89.4 Å². The fourth-order valence-electron chi connectivity index (χ4n) is 4.21. The molecule has 0 spiro atoms. The van der Waals surface area contributed by atoms with Crippen LogP contribution in [0.3, 0.4) is 0 Å². The number of hydrogen-bond donors (Lipinski definition) is 2. The number of fused-ring (bicyclic) bond motifs is 1. The van der Waals surface area contributed by atoms with E-state index in [1.807, 2.05) is 45.3 Å². The highest BCUT2D eigenvalue weighted by Crippen LogP contribution is 2.34. The third kappa shape index (κ3) is 9.03. The van der Waals surface area contributed by atoms with Gasteiger partial charge in [0.15, 0.2) is 0 Å². The maximum absolute atomic E-state index is 4.75. The van der Waals surface area contributed by atoms with Crippen LogP contribution in [0.5, 0.6) is 0 Å². The van der Waals surface area contributed by atoms with Gasteiger partial charge in [-0.15, -0.1) is 0 Å². The fourth-order valence-corrected chi connectivity index (χ4v) is 4.94. The molecule has 1 heterocycles. The van der Waals surface area contributed by atoms with Crippen molar-refractivity contribution in [1.82, 2.24) is 15.5 Å². The van der Waals surface area contributed by atoms with Gasteiger partial charge < -0.3 is 15.5 Å². The molecule has 4 nitrogen and oxygen atoms in total. The maximum atomic E-state index is 4.75. The third-order valence-corrected chi connectivity index (χ3v) is 6.86. The minimum atomic E-state index is -0.000543. The Bertz CT molecular complexity index is 1120. The van der Waals surface area contributed by atoms with Gasteiger partial charge in [-0.3, -0.25) is 4.99 Å². The van der Waals surface area contributed by atoms with Crippen LogP contribution in [0, 0.1) is 0 Å². The lowest BCUT2D eigenvalue weighted by Crippen LogP contribution is -2.28. The van der Waals surface area contributed by atoms with E-state index >= 15 is 0 Å². The Morgan fingerprint density at radius 3 is 2.54 bits per heavy atom. The van der Waals surface area contributed by atoms with Gasteiger partial charge in [-0.05, 0) is 84.1 Å². The SMILES string of the molecule is C=C(C)c1ccsc1.C=Cc1ccc2c(c1)CC[C@@H]2NC(=C)C(=C)/C(=C/N(C)C)C(CNC)N=CCC. The molecule has 198 valence electrons. The van der Waals surface area contributed by atoms with Crippen molar-refractivity contribution in [3.63, 3.8) is 0 Å². The number of allylic oxidation sites excluding steroid dienone is 2. The minimum Gasteiger partial charge on any atom is -0.383 e. The highest BCUT2D eigenvalue weighted by atomic mass is 32.1. The molecule has 2 atom stereocenters. The summed E-state index contributed by atoms with van der Waals surface area (Å²) in [5.74, 6) is 0. The van der Waals surface area contributed by atoms with E-state index in [-0.39, 0.29) is 12.1 Å². The number of benzene rings is 1. The highest BCUT2D eigenvalue weighted by molar-refractivity contribution is 7.08. The molecule has 37 heavy (non-hydrogen) atoms. The Morgan fingerprint density at radius 1 is 1.24 bits per heavy atom. The molecule has 1 aliphatic rings. The lowest BCUT2D eigenvalue weighted by atomic mass is 9.97. The first-order chi connectivity index (χ1) is 17.7. The van der Waals surface area contributed by atoms with Crippen LogP contribution in [-0.4, -0.2) is 44.8 Å². The predicted molar refractivity (Wildman–Crippen MR) is 166 cm³/mol. The van der Waals surface area contributed by atoms with E-state index in [9.17, 15) is 0 Å². The van der Waals surface area contributed by atoms with Crippen molar-refractivity contribution in [3.05, 3.63) is 107 Å². The first kappa shape index (κ1) is 30.1. The zero-order chi connectivity index (χ0) is 27.4. The smallest absolute Gasteiger partial charge is 0.0889 e. The average molecular weight is 517 g/mol. The van der Waals surface area contributed by atoms with E-state index in [1.54, 1.807) is 11.3 Å². The molecule has 1 unspecified atom stereocenters. The molecule has 2 aromatic rings. The Balaban J connectivity index is 0.000000510. The van der Waals surface area contributed by atoms with Crippen molar-refractivity contribution in [2.24, 2.45) is 4.99 Å². The normalized spacial score (nSPS) is 15.4. The van der Waals surface area contributed by atoms with Crippen molar-refractivity contribution in [2.75, 3.05) is 27.7 Å². The van der Waals surface area contributed by atoms with E-state index in [0.29, 0.717) is 0 Å². The second kappa shape index (κ2) is 15.2. The predicted octanol–water partition coefficient (Wildman–Crippen LogP) is 7.27. The number of hydrogen-bond acceptors (Lipinski definition) is 5. The maximum Gasteiger partial charge on any atom is 0.0889 e. The van der Waals surface area contributed by atoms with Crippen LogP contribution < -0.4 is 10.6 Å². The largest absolute Gasteiger partial charge is 0.383 e. The molecule has 0 fully saturated rings. The lowest BCUT2D eigenvalue weighted by molar-refractivity contribution is 0.547. The standard InChI is InChI=1S/C25H36N4.C7H8S/c1-8-14-27-25(16-26-5)23(17-29(6)7)18(3)19(4)28-24-13-11-21-15-20(9-2)10-12-22(21)24;1-6(2)7-3-4-8-5-7/h9-10,12,14-15,17,24-26,28H,2-4,8,11,13,16H2,1,5-7H3;3-5H,1H2,2H3/b23-17-,27-14?;/t24-,25?;/m0./s1. The van der Waals surface area contributed by atoms with Crippen LogP contribution in [0.1, 0.15) is 55.0 Å². The first-order valence-electron chi connectivity index (χ1n) is 12.8. The molecular weight excluding hydrogens is 472 g/mol. The second-order valence-electron chi connectivity index (χ2n) is 9.51. The Hall–Kier alpha value is -3.15. The van der Waals surface area contributed by atoms with Gasteiger partial charge >= 0.3 is 0 Å². The molecule has 0 bridgehead atoms. The molecular formula is C32H44N4S. The van der Waals surface area contributed by atoms with Gasteiger partial charge in [0.25, 0.3) is 0 Å². The van der Waals surface area contributed by atoms with Crippen molar-refractivity contribution in [1.29, 1.82) is 0 Å². The van der Waals surface area contributed by atoms with E-state index < -0.39 is 0 Å². The molecule has 0 saturated heterocycles. The third-order valence-electron chi connectivity index (χ3n) is 6.18. The Labute approximate surface area is 228 Å². The van der Waals surface area contributed by atoms with Crippen LogP contribution in [-0.2, 0) is 6.42 Å². The summed E-state index contributed by atoms with van der Waals surface area (Å²) in [6.45, 7) is 21.2. The molecule has 0 radical (unpaired) electrons. The summed E-state index contributed by atoms with van der Waals surface area (Å²) in [6.07, 6.45) is 9.01. The van der Waals surface area contributed by atoms with E-state index in [4.69, 9.17) is 4.99 Å². The quantitative estimate of drug-likeness (QED) is 0.230. The van der Waals surface area contributed by atoms with Crippen LogP contribution in [0.25, 0.3) is 11.6 Å². The average Bonchev–Trinajstić information content (AvgIpc) is 3.55. The highest BCUT2D eigenvalue weighted by Gasteiger charge is 2.25. The number of nitrogens with one attached hydrogen (secondary N) is 2. The molecule has 1 aromatic carbocycles. The minimum absolute atomic E-state index is 0.000543. The molecule has 0 amide bonds. The number of likely N-dealkylation sites (N-methyl/N-ethyl adjacent to an activating group) is 1. The monoisotopic (exact) mass is 516 g/mol. The summed E-state index contributed by atoms with van der Waals surface area (Å²) in [5.41, 5.74) is 9.15. The van der Waals surface area contributed by atoms with Crippen molar-refractivity contribution >= 4 is 29.2 Å². The van der Waals surface area contributed by atoms with Gasteiger partial charge in [0.2, 0.25) is 0 Å². The van der Waals surface area contributed by atoms with Crippen LogP contribution in [0.4, 0.5) is 0 Å². The summed E-state index contributed by atoms with van der Waals surface area (Å²) >= 11 is 1.71. The van der Waals surface area contributed by atoms with Gasteiger partial charge in [-0.2, -0.15) is 11.3 Å². The van der Waals surface area contributed by atoms with Gasteiger partial charge in [-0.25, -0.2) is 0 Å². The van der Waals surface area contributed by atoms with Gasteiger partial charge in [0.1, 0.15) is 0 Å². The molecule has 2 N–H and O–H groups in total. The molecule has 5 heteroatoms. The Morgan fingerprint density at radius 2 is 2.00 bits per heavy atom. The van der Waals surface area contributed by atoms with Crippen molar-refractivity contribution in [3.8, 4) is 0 Å². The molecule has 1 aromatic heterocycles. The summed E-state index contributed by atoms with van der Waals surface area (Å²) in [7, 11) is 5.99. The summed E-state index contributed by atoms with van der Waals surface area (Å²) < 4.78 is 0. The Kier molecular flexibility index (Phi) is 12.3. The molecule has 3 rings (SSSR count). The lowest BCUT2D eigenvalue weighted by Gasteiger charge is -2.25. The van der Waals surface area contributed by atoms with Gasteiger partial charge in [-0.1, -0.05) is 63.1 Å². The fraction of sp³-hybridized carbons (Fsp3) is 0.344. The zero-order valence-electron chi connectivity index (χ0n) is 23.3. The number of thiophene rings is 1. The van der Waals surface area contributed by atoms with Crippen molar-refractivity contribution < 1.29 is 0 Å². The number of aliphatic imine (C=N–C) groups is 1. The van der Waals surface area contributed by atoms with Crippen LogP contribution >= 0.6 is 11.3 Å². The molecule has 1 aliphatic carbocycles. The first-order valence-corrected chi connectivity index (χ1v) is 13.8. The van der Waals surface area contributed by atoms with Gasteiger partial charge in [0.05, 0.1) is 12.1 Å². The van der Waals surface area contributed by atoms with Gasteiger partial charge in [0, 0.05) is 38.1 Å². The summed E-state index contributed by atoms with van der Waals surface area (Å²) in [4.78, 5) is 6.80. The van der Waals surface area contributed by atoms with Crippen LogP contribution in [0.2, 0.25) is 0 Å². The zero-order valence-corrected chi connectivity index (χ0v) is 24.1. The second-order valence-corrected chi connectivity index (χ2v) is 10.3. The molecule has 0 saturated carbocycles. The molecule has 0 aliphatic heterocycles. The van der Waals surface area contributed by atoms with E-state index in [1.165, 1.54) is 22.3 Å². The number of aryl methyl sites for hydroxylation is 1. The number of rotatable bonds is 12. The van der Waals surface area contributed by atoms with E-state index in [2.05, 4.69) is 85.1 Å². The topological polar surface area (TPSA) is 39.7 Å². The number of nitrogens with zero attached hydrogens (tertiary/aromatic N) is 2. The summed E-state index contributed by atoms with van der Waals surface area (Å²) in [6, 6.07) is 8.91. The van der Waals surface area contributed by atoms with Crippen molar-refractivity contribution in [2.45, 2.75) is 45.2 Å². The summed E-state index contributed by atoms with van der Waals surface area (Å²) in [5, 5.41) is 11.0. The van der Waals surface area contributed by atoms with E-state index in [0.717, 1.165) is 48.2 Å².